The van der Waals surface area contributed by atoms with Gasteiger partial charge in [0.05, 0.1) is 17.6 Å². The molecule has 0 aromatic carbocycles. The van der Waals surface area contributed by atoms with Gasteiger partial charge < -0.3 is 0 Å². The summed E-state index contributed by atoms with van der Waals surface area (Å²) in [6.07, 6.45) is 9.84. The summed E-state index contributed by atoms with van der Waals surface area (Å²) < 4.78 is 2.02. The van der Waals surface area contributed by atoms with Crippen LogP contribution < -0.4 is 0 Å². The van der Waals surface area contributed by atoms with E-state index in [4.69, 9.17) is 11.6 Å². The number of fused-ring (bicyclic) bond motifs is 1. The van der Waals surface area contributed by atoms with Gasteiger partial charge in [-0.3, -0.25) is 0 Å². The molecule has 0 amide bonds. The third-order valence-corrected chi connectivity index (χ3v) is 3.41. The van der Waals surface area contributed by atoms with E-state index in [1.165, 1.54) is 32.1 Å². The van der Waals surface area contributed by atoms with Crippen LogP contribution in [0.2, 0.25) is 5.28 Å². The highest BCUT2D eigenvalue weighted by atomic mass is 35.5. The van der Waals surface area contributed by atoms with Crippen LogP contribution >= 0.6 is 11.6 Å². The Morgan fingerprint density at radius 2 is 2.00 bits per heavy atom. The lowest BCUT2D eigenvalue weighted by Gasteiger charge is -2.22. The zero-order valence-electron chi connectivity index (χ0n) is 8.93. The van der Waals surface area contributed by atoms with E-state index in [1.807, 2.05) is 10.9 Å². The Morgan fingerprint density at radius 1 is 1.19 bits per heavy atom. The van der Waals surface area contributed by atoms with Gasteiger partial charge in [-0.05, 0) is 24.4 Å². The van der Waals surface area contributed by atoms with Crippen molar-refractivity contribution < 1.29 is 0 Å². The minimum atomic E-state index is 0.296. The molecule has 1 fully saturated rings. The van der Waals surface area contributed by atoms with Crippen molar-refractivity contribution in [1.82, 2.24) is 19.7 Å². The molecule has 1 aliphatic carbocycles. The van der Waals surface area contributed by atoms with Gasteiger partial charge in [-0.15, -0.1) is 0 Å². The summed E-state index contributed by atoms with van der Waals surface area (Å²) in [5.41, 5.74) is 0.868. The second-order valence-corrected chi connectivity index (χ2v) is 4.64. The molecule has 0 radical (unpaired) electrons. The monoisotopic (exact) mass is 236 g/mol. The van der Waals surface area contributed by atoms with Crippen molar-refractivity contribution in [2.45, 2.75) is 38.1 Å². The average Bonchev–Trinajstić information content (AvgIpc) is 2.73. The largest absolute Gasteiger partial charge is 0.244 e. The zero-order chi connectivity index (χ0) is 11.0. The van der Waals surface area contributed by atoms with Crippen molar-refractivity contribution >= 4 is 22.6 Å². The van der Waals surface area contributed by atoms with Crippen molar-refractivity contribution in [2.24, 2.45) is 0 Å². The molecular formula is C11H13ClN4. The minimum Gasteiger partial charge on any atom is -0.244 e. The van der Waals surface area contributed by atoms with Crippen molar-refractivity contribution in [3.8, 4) is 0 Å². The molecule has 0 N–H and O–H groups in total. The predicted molar refractivity (Wildman–Crippen MR) is 62.5 cm³/mol. The highest BCUT2D eigenvalue weighted by molar-refractivity contribution is 6.28. The Hall–Kier alpha value is -1.16. The molecule has 4 nitrogen and oxygen atoms in total. The molecule has 3 rings (SSSR count). The van der Waals surface area contributed by atoms with E-state index in [-0.39, 0.29) is 0 Å². The second-order valence-electron chi connectivity index (χ2n) is 4.30. The van der Waals surface area contributed by atoms with E-state index < -0.39 is 0 Å². The normalized spacial score (nSPS) is 18.1. The first-order valence-electron chi connectivity index (χ1n) is 5.70. The Morgan fingerprint density at radius 3 is 2.81 bits per heavy atom. The Kier molecular flexibility index (Phi) is 2.52. The molecule has 5 heteroatoms. The quantitative estimate of drug-likeness (QED) is 0.715. The van der Waals surface area contributed by atoms with Crippen molar-refractivity contribution in [3.63, 3.8) is 0 Å². The molecule has 2 aromatic rings. The van der Waals surface area contributed by atoms with Crippen LogP contribution in [0.4, 0.5) is 0 Å². The number of halogens is 1. The number of nitrogens with zero attached hydrogens (tertiary/aromatic N) is 4. The van der Waals surface area contributed by atoms with E-state index in [1.54, 1.807) is 6.20 Å². The van der Waals surface area contributed by atoms with E-state index >= 15 is 0 Å². The summed E-state index contributed by atoms with van der Waals surface area (Å²) >= 11 is 5.82. The van der Waals surface area contributed by atoms with Gasteiger partial charge in [0.15, 0.2) is 5.65 Å². The van der Waals surface area contributed by atoms with Gasteiger partial charge in [0.2, 0.25) is 5.28 Å². The molecule has 0 unspecified atom stereocenters. The fourth-order valence-electron chi connectivity index (χ4n) is 2.41. The maximum absolute atomic E-state index is 5.82. The first kappa shape index (κ1) is 10.0. The molecule has 0 aliphatic heterocycles. The smallest absolute Gasteiger partial charge is 0.224 e. The Labute approximate surface area is 98.6 Å². The van der Waals surface area contributed by atoms with Gasteiger partial charge in [-0.25, -0.2) is 9.67 Å². The number of rotatable bonds is 1. The highest BCUT2D eigenvalue weighted by Crippen LogP contribution is 2.29. The molecule has 2 aromatic heterocycles. The fraction of sp³-hybridized carbons (Fsp3) is 0.545. The number of hydrogen-bond donors (Lipinski definition) is 0. The van der Waals surface area contributed by atoms with Crippen LogP contribution in [0.5, 0.6) is 0 Å². The van der Waals surface area contributed by atoms with Crippen molar-refractivity contribution in [1.29, 1.82) is 0 Å². The maximum atomic E-state index is 5.82. The van der Waals surface area contributed by atoms with Gasteiger partial charge >= 0.3 is 0 Å². The van der Waals surface area contributed by atoms with Gasteiger partial charge in [0, 0.05) is 6.20 Å². The summed E-state index contributed by atoms with van der Waals surface area (Å²) in [4.78, 5) is 8.23. The first-order valence-corrected chi connectivity index (χ1v) is 6.08. The standard InChI is InChI=1S/C11H13ClN4/c12-11-13-6-8-7-14-16(10(8)15-11)9-4-2-1-3-5-9/h6-7,9H,1-5H2. The molecule has 0 bridgehead atoms. The molecule has 16 heavy (non-hydrogen) atoms. The third-order valence-electron chi connectivity index (χ3n) is 3.23. The van der Waals surface area contributed by atoms with Gasteiger partial charge in [-0.1, -0.05) is 19.3 Å². The number of aromatic nitrogens is 4. The summed E-state index contributed by atoms with van der Waals surface area (Å²) in [6, 6.07) is 0.484. The minimum absolute atomic E-state index is 0.296. The maximum Gasteiger partial charge on any atom is 0.224 e. The van der Waals surface area contributed by atoms with E-state index in [2.05, 4.69) is 15.1 Å². The van der Waals surface area contributed by atoms with Crippen molar-refractivity contribution in [3.05, 3.63) is 17.7 Å². The van der Waals surface area contributed by atoms with Crippen LogP contribution in [-0.2, 0) is 0 Å². The zero-order valence-corrected chi connectivity index (χ0v) is 9.69. The van der Waals surface area contributed by atoms with E-state index in [0.29, 0.717) is 11.3 Å². The van der Waals surface area contributed by atoms with E-state index in [9.17, 15) is 0 Å². The molecule has 0 spiro atoms. The molecule has 0 atom stereocenters. The molecular weight excluding hydrogens is 224 g/mol. The van der Waals surface area contributed by atoms with Crippen LogP contribution in [0.25, 0.3) is 11.0 Å². The van der Waals surface area contributed by atoms with Crippen LogP contribution in [0, 0.1) is 0 Å². The number of hydrogen-bond acceptors (Lipinski definition) is 3. The highest BCUT2D eigenvalue weighted by Gasteiger charge is 2.18. The first-order chi connectivity index (χ1) is 7.84. The van der Waals surface area contributed by atoms with Crippen LogP contribution in [0.15, 0.2) is 12.4 Å². The Balaban J connectivity index is 2.05. The lowest BCUT2D eigenvalue weighted by molar-refractivity contribution is 0.336. The predicted octanol–water partition coefficient (Wildman–Crippen LogP) is 2.98. The fourth-order valence-corrected chi connectivity index (χ4v) is 2.54. The summed E-state index contributed by atoms with van der Waals surface area (Å²) in [5.74, 6) is 0. The lowest BCUT2D eigenvalue weighted by Crippen LogP contribution is -2.14. The average molecular weight is 237 g/mol. The summed E-state index contributed by atoms with van der Waals surface area (Å²) in [6.45, 7) is 0. The third kappa shape index (κ3) is 1.67. The van der Waals surface area contributed by atoms with Gasteiger partial charge in [0.25, 0.3) is 0 Å². The van der Waals surface area contributed by atoms with Gasteiger partial charge in [-0.2, -0.15) is 10.1 Å². The molecule has 1 aliphatic rings. The molecule has 2 heterocycles. The second kappa shape index (κ2) is 4.01. The van der Waals surface area contributed by atoms with Gasteiger partial charge in [0.1, 0.15) is 0 Å². The molecule has 84 valence electrons. The molecule has 0 saturated heterocycles. The lowest BCUT2D eigenvalue weighted by atomic mass is 9.96. The molecule has 1 saturated carbocycles. The Bertz CT molecular complexity index is 502. The van der Waals surface area contributed by atoms with Crippen LogP contribution in [-0.4, -0.2) is 19.7 Å². The van der Waals surface area contributed by atoms with Crippen LogP contribution in [0.3, 0.4) is 0 Å². The van der Waals surface area contributed by atoms with Crippen molar-refractivity contribution in [2.75, 3.05) is 0 Å². The topological polar surface area (TPSA) is 43.6 Å². The SMILES string of the molecule is Clc1ncc2cnn(C3CCCCC3)c2n1. The van der Waals surface area contributed by atoms with Crippen LogP contribution in [0.1, 0.15) is 38.1 Å². The summed E-state index contributed by atoms with van der Waals surface area (Å²) in [5, 5.41) is 5.68. The summed E-state index contributed by atoms with van der Waals surface area (Å²) in [7, 11) is 0. The van der Waals surface area contributed by atoms with E-state index in [0.717, 1.165) is 11.0 Å².